The van der Waals surface area contributed by atoms with Crippen molar-refractivity contribution in [3.05, 3.63) is 23.9 Å². The number of rotatable bonds is 4. The minimum atomic E-state index is 0.148. The third-order valence-corrected chi connectivity index (χ3v) is 5.18. The maximum Gasteiger partial charge on any atom is 0.217 e. The second-order valence-corrected chi connectivity index (χ2v) is 7.39. The lowest BCUT2D eigenvalue weighted by Crippen LogP contribution is -2.67. The van der Waals surface area contributed by atoms with Gasteiger partial charge in [0.25, 0.3) is 0 Å². The molecule has 2 fully saturated rings. The lowest BCUT2D eigenvalue weighted by atomic mass is 9.86. The number of hydrogen-bond donors (Lipinski definition) is 1. The minimum Gasteiger partial charge on any atom is -0.481 e. The Morgan fingerprint density at radius 3 is 2.81 bits per heavy atom. The van der Waals surface area contributed by atoms with E-state index in [2.05, 4.69) is 42.0 Å². The Kier molecular flexibility index (Phi) is 3.70. The molecule has 0 spiro atoms. The van der Waals surface area contributed by atoms with Crippen LogP contribution in [0.25, 0.3) is 0 Å². The molecule has 2 heterocycles. The number of hydrogen-bond acceptors (Lipinski definition) is 4. The third kappa shape index (κ3) is 2.92. The van der Waals surface area contributed by atoms with E-state index in [9.17, 15) is 0 Å². The van der Waals surface area contributed by atoms with Gasteiger partial charge in [-0.15, -0.1) is 0 Å². The molecular formula is C17H27N3O. The number of piperazine rings is 1. The fraction of sp³-hybridized carbons (Fsp3) is 0.706. The van der Waals surface area contributed by atoms with Crippen molar-refractivity contribution in [2.45, 2.75) is 51.2 Å². The zero-order chi connectivity index (χ0) is 15.1. The van der Waals surface area contributed by atoms with Gasteiger partial charge in [-0.1, -0.05) is 6.07 Å². The lowest BCUT2D eigenvalue weighted by Gasteiger charge is -2.51. The Hall–Kier alpha value is -1.13. The van der Waals surface area contributed by atoms with Crippen molar-refractivity contribution in [3.8, 4) is 5.88 Å². The van der Waals surface area contributed by atoms with Crippen LogP contribution >= 0.6 is 0 Å². The van der Waals surface area contributed by atoms with Gasteiger partial charge >= 0.3 is 0 Å². The Morgan fingerprint density at radius 2 is 2.14 bits per heavy atom. The molecule has 1 aliphatic carbocycles. The predicted molar refractivity (Wildman–Crippen MR) is 84.4 cm³/mol. The van der Waals surface area contributed by atoms with Gasteiger partial charge in [-0.05, 0) is 45.6 Å². The second-order valence-electron chi connectivity index (χ2n) is 7.39. The standard InChI is InChI=1S/C17H27N3O/c1-16(2)11-19-17(3,14-7-8-14)12-20(16)10-13-6-5-9-18-15(13)21-4/h5-6,9,14,19H,7-8,10-12H2,1-4H3. The molecule has 0 radical (unpaired) electrons. The van der Waals surface area contributed by atoms with E-state index in [0.717, 1.165) is 31.4 Å². The molecule has 21 heavy (non-hydrogen) atoms. The molecular weight excluding hydrogens is 262 g/mol. The Morgan fingerprint density at radius 1 is 1.38 bits per heavy atom. The zero-order valence-electron chi connectivity index (χ0n) is 13.6. The third-order valence-electron chi connectivity index (χ3n) is 5.18. The van der Waals surface area contributed by atoms with Crippen molar-refractivity contribution in [1.82, 2.24) is 15.2 Å². The number of methoxy groups -OCH3 is 1. The molecule has 1 aliphatic heterocycles. The van der Waals surface area contributed by atoms with Crippen LogP contribution in [-0.2, 0) is 6.54 Å². The molecule has 1 aromatic rings. The summed E-state index contributed by atoms with van der Waals surface area (Å²) in [6.07, 6.45) is 4.53. The monoisotopic (exact) mass is 289 g/mol. The van der Waals surface area contributed by atoms with E-state index in [1.54, 1.807) is 13.3 Å². The highest BCUT2D eigenvalue weighted by Gasteiger charge is 2.48. The van der Waals surface area contributed by atoms with Crippen molar-refractivity contribution >= 4 is 0 Å². The zero-order valence-corrected chi connectivity index (χ0v) is 13.6. The van der Waals surface area contributed by atoms with Crippen molar-refractivity contribution < 1.29 is 4.74 Å². The van der Waals surface area contributed by atoms with Gasteiger partial charge in [-0.2, -0.15) is 0 Å². The molecule has 0 bridgehead atoms. The highest BCUT2D eigenvalue weighted by atomic mass is 16.5. The van der Waals surface area contributed by atoms with Crippen molar-refractivity contribution in [1.29, 1.82) is 0 Å². The van der Waals surface area contributed by atoms with Gasteiger partial charge < -0.3 is 10.1 Å². The van der Waals surface area contributed by atoms with Gasteiger partial charge in [0.15, 0.2) is 0 Å². The lowest BCUT2D eigenvalue weighted by molar-refractivity contribution is 0.0172. The maximum absolute atomic E-state index is 5.41. The predicted octanol–water partition coefficient (Wildman–Crippen LogP) is 2.44. The molecule has 3 rings (SSSR count). The van der Waals surface area contributed by atoms with Crippen LogP contribution in [0.15, 0.2) is 18.3 Å². The molecule has 4 heteroatoms. The van der Waals surface area contributed by atoms with Crippen LogP contribution in [0, 0.1) is 5.92 Å². The molecule has 1 N–H and O–H groups in total. The average Bonchev–Trinajstić information content (AvgIpc) is 3.29. The van der Waals surface area contributed by atoms with E-state index in [-0.39, 0.29) is 11.1 Å². The summed E-state index contributed by atoms with van der Waals surface area (Å²) in [6.45, 7) is 10.0. The molecule has 2 aliphatic rings. The SMILES string of the molecule is COc1ncccc1CN1CC(C)(C2CC2)NCC1(C)C. The van der Waals surface area contributed by atoms with E-state index < -0.39 is 0 Å². The van der Waals surface area contributed by atoms with Gasteiger partial charge in [0.2, 0.25) is 5.88 Å². The van der Waals surface area contributed by atoms with E-state index in [4.69, 9.17) is 4.74 Å². The summed E-state index contributed by atoms with van der Waals surface area (Å²) in [7, 11) is 1.70. The highest BCUT2D eigenvalue weighted by Crippen LogP contribution is 2.42. The molecule has 0 aromatic carbocycles. The maximum atomic E-state index is 5.41. The van der Waals surface area contributed by atoms with Crippen LogP contribution in [0.4, 0.5) is 0 Å². The van der Waals surface area contributed by atoms with Crippen LogP contribution in [0.5, 0.6) is 5.88 Å². The van der Waals surface area contributed by atoms with E-state index >= 15 is 0 Å². The summed E-state index contributed by atoms with van der Waals surface area (Å²) >= 11 is 0. The van der Waals surface area contributed by atoms with Crippen LogP contribution in [0.3, 0.4) is 0 Å². The van der Waals surface area contributed by atoms with Gasteiger partial charge in [0.05, 0.1) is 7.11 Å². The summed E-state index contributed by atoms with van der Waals surface area (Å²) in [5.74, 6) is 1.59. The van der Waals surface area contributed by atoms with E-state index in [1.807, 2.05) is 6.07 Å². The topological polar surface area (TPSA) is 37.4 Å². The second kappa shape index (κ2) is 5.25. The summed E-state index contributed by atoms with van der Waals surface area (Å²) in [5.41, 5.74) is 1.58. The summed E-state index contributed by atoms with van der Waals surface area (Å²) in [4.78, 5) is 6.91. The summed E-state index contributed by atoms with van der Waals surface area (Å²) < 4.78 is 5.41. The van der Waals surface area contributed by atoms with Crippen LogP contribution < -0.4 is 10.1 Å². The van der Waals surface area contributed by atoms with Gasteiger partial charge in [0.1, 0.15) is 0 Å². The first-order chi connectivity index (χ1) is 9.94. The fourth-order valence-electron chi connectivity index (χ4n) is 3.39. The first-order valence-electron chi connectivity index (χ1n) is 7.92. The molecule has 1 saturated carbocycles. The van der Waals surface area contributed by atoms with Gasteiger partial charge in [0, 0.05) is 42.5 Å². The smallest absolute Gasteiger partial charge is 0.217 e. The molecule has 1 saturated heterocycles. The normalized spacial score (nSPS) is 29.3. The van der Waals surface area contributed by atoms with E-state index in [1.165, 1.54) is 18.4 Å². The van der Waals surface area contributed by atoms with E-state index in [0.29, 0.717) is 0 Å². The van der Waals surface area contributed by atoms with Gasteiger partial charge in [-0.25, -0.2) is 4.98 Å². The summed E-state index contributed by atoms with van der Waals surface area (Å²) in [6, 6.07) is 4.12. The Balaban J connectivity index is 1.80. The molecule has 4 nitrogen and oxygen atoms in total. The molecule has 0 amide bonds. The van der Waals surface area contributed by atoms with Crippen LogP contribution in [-0.4, -0.2) is 41.2 Å². The molecule has 1 aromatic heterocycles. The van der Waals surface area contributed by atoms with Crippen molar-refractivity contribution in [2.24, 2.45) is 5.92 Å². The number of pyridine rings is 1. The minimum absolute atomic E-state index is 0.148. The molecule has 1 atom stereocenters. The summed E-state index contributed by atoms with van der Waals surface area (Å²) in [5, 5.41) is 3.80. The average molecular weight is 289 g/mol. The van der Waals surface area contributed by atoms with Crippen LogP contribution in [0.1, 0.15) is 39.2 Å². The van der Waals surface area contributed by atoms with Crippen molar-refractivity contribution in [2.75, 3.05) is 20.2 Å². The number of nitrogens with zero attached hydrogens (tertiary/aromatic N) is 2. The Labute approximate surface area is 127 Å². The molecule has 1 unspecified atom stereocenters. The highest BCUT2D eigenvalue weighted by molar-refractivity contribution is 5.26. The van der Waals surface area contributed by atoms with Gasteiger partial charge in [-0.3, -0.25) is 4.90 Å². The number of ether oxygens (including phenoxy) is 1. The fourth-order valence-corrected chi connectivity index (χ4v) is 3.39. The number of aromatic nitrogens is 1. The number of nitrogens with one attached hydrogen (secondary N) is 1. The molecule has 116 valence electrons. The van der Waals surface area contributed by atoms with Crippen molar-refractivity contribution in [3.63, 3.8) is 0 Å². The van der Waals surface area contributed by atoms with Crippen LogP contribution in [0.2, 0.25) is 0 Å². The first kappa shape index (κ1) is 14.8. The Bertz CT molecular complexity index is 513. The quantitative estimate of drug-likeness (QED) is 0.924. The largest absolute Gasteiger partial charge is 0.481 e. The first-order valence-corrected chi connectivity index (χ1v) is 7.92.